The summed E-state index contributed by atoms with van der Waals surface area (Å²) in [6.45, 7) is 10.2. The van der Waals surface area contributed by atoms with Gasteiger partial charge in [0, 0.05) is 42.8 Å². The average molecular weight is 729 g/mol. The first-order valence-electron chi connectivity index (χ1n) is 17.1. The molecule has 3 aromatic heterocycles. The van der Waals surface area contributed by atoms with Crippen LogP contribution in [0.2, 0.25) is 5.02 Å². The highest BCUT2D eigenvalue weighted by Crippen LogP contribution is 2.36. The van der Waals surface area contributed by atoms with Gasteiger partial charge in [0.1, 0.15) is 30.5 Å². The summed E-state index contributed by atoms with van der Waals surface area (Å²) in [6.07, 6.45) is 11.2. The van der Waals surface area contributed by atoms with Gasteiger partial charge in [0.25, 0.3) is 5.88 Å². The molecule has 1 aromatic carbocycles. The van der Waals surface area contributed by atoms with Gasteiger partial charge in [-0.25, -0.2) is 23.1 Å². The minimum absolute atomic E-state index is 0.00286. The predicted octanol–water partition coefficient (Wildman–Crippen LogP) is 4.60. The van der Waals surface area contributed by atoms with Crippen molar-refractivity contribution in [3.63, 3.8) is 0 Å². The minimum atomic E-state index is -3.20. The van der Waals surface area contributed by atoms with E-state index < -0.39 is 9.84 Å². The summed E-state index contributed by atoms with van der Waals surface area (Å²) in [5.41, 5.74) is 2.17. The average Bonchev–Trinajstić information content (AvgIpc) is 3.76. The van der Waals surface area contributed by atoms with Crippen LogP contribution in [0.4, 0.5) is 11.6 Å². The summed E-state index contributed by atoms with van der Waals surface area (Å²) in [6, 6.07) is 6.22. The van der Waals surface area contributed by atoms with Crippen molar-refractivity contribution < 1.29 is 22.6 Å². The van der Waals surface area contributed by atoms with Crippen molar-refractivity contribution in [2.45, 2.75) is 90.3 Å². The van der Waals surface area contributed by atoms with Crippen LogP contribution >= 0.6 is 11.6 Å². The topological polar surface area (TPSA) is 164 Å². The molecule has 1 aliphatic carbocycles. The number of morpholine rings is 1. The Bertz CT molecular complexity index is 1790. The Kier molecular flexibility index (Phi) is 11.5. The van der Waals surface area contributed by atoms with E-state index in [1.807, 2.05) is 29.9 Å². The standard InChI is InChI=1S/C33H45ClN10O5S/c1-5-50(45,46)13-12-47-32-30(20-44(39-32)28-9-7-27(8-10-28)42-17-22(2)48-23(3)18-42)38-33-35-15-26(16-36-33)25-6-11-29(34)31(14-25)49-24(4)19-43-21-37-40-41-43/h6,11,14-16,20-24,27-28H,5,7-10,12-13,17-19H2,1-4H3,(H,35,36,38)/t22-,23+,24-,27?,28?/m0/s1. The molecule has 4 heterocycles. The van der Waals surface area contributed by atoms with E-state index in [9.17, 15) is 8.42 Å². The second-order valence-corrected chi connectivity index (χ2v) is 16.0. The van der Waals surface area contributed by atoms with Gasteiger partial charge in [-0.2, -0.15) is 0 Å². The normalized spacial score (nSPS) is 22.3. The number of benzene rings is 1. The number of nitrogens with one attached hydrogen (secondary N) is 1. The highest BCUT2D eigenvalue weighted by Gasteiger charge is 2.32. The lowest BCUT2D eigenvalue weighted by molar-refractivity contribution is -0.0852. The van der Waals surface area contributed by atoms with Crippen LogP contribution in [0.5, 0.6) is 11.6 Å². The van der Waals surface area contributed by atoms with Gasteiger partial charge in [0.2, 0.25) is 5.95 Å². The van der Waals surface area contributed by atoms with Gasteiger partial charge in [-0.15, -0.1) is 10.2 Å². The fourth-order valence-electron chi connectivity index (χ4n) is 6.58. The van der Waals surface area contributed by atoms with E-state index >= 15 is 0 Å². The first-order chi connectivity index (χ1) is 24.0. The molecule has 0 spiro atoms. The zero-order chi connectivity index (χ0) is 35.3. The minimum Gasteiger partial charge on any atom is -0.487 e. The highest BCUT2D eigenvalue weighted by atomic mass is 35.5. The van der Waals surface area contributed by atoms with Gasteiger partial charge in [0.15, 0.2) is 9.84 Å². The zero-order valence-electron chi connectivity index (χ0n) is 28.9. The Morgan fingerprint density at radius 2 is 1.78 bits per heavy atom. The quantitative estimate of drug-likeness (QED) is 0.192. The fourth-order valence-corrected chi connectivity index (χ4v) is 7.37. The first-order valence-corrected chi connectivity index (χ1v) is 19.3. The number of rotatable bonds is 14. The molecule has 0 radical (unpaired) electrons. The molecule has 50 heavy (non-hydrogen) atoms. The van der Waals surface area contributed by atoms with Crippen LogP contribution in [0.1, 0.15) is 59.4 Å². The third-order valence-corrected chi connectivity index (χ3v) is 11.1. The number of sulfone groups is 1. The summed E-state index contributed by atoms with van der Waals surface area (Å²) in [4.78, 5) is 11.7. The summed E-state index contributed by atoms with van der Waals surface area (Å²) in [5, 5.41) is 19.7. The predicted molar refractivity (Wildman–Crippen MR) is 189 cm³/mol. The maximum absolute atomic E-state index is 12.1. The lowest BCUT2D eigenvalue weighted by atomic mass is 9.89. The van der Waals surface area contributed by atoms with Gasteiger partial charge in [-0.3, -0.25) is 9.58 Å². The van der Waals surface area contributed by atoms with Crippen molar-refractivity contribution in [2.24, 2.45) is 0 Å². The van der Waals surface area contributed by atoms with Crippen molar-refractivity contribution in [1.29, 1.82) is 0 Å². The Hall–Kier alpha value is -3.86. The maximum Gasteiger partial charge on any atom is 0.256 e. The Morgan fingerprint density at radius 3 is 2.46 bits per heavy atom. The molecular weight excluding hydrogens is 684 g/mol. The smallest absolute Gasteiger partial charge is 0.256 e. The summed E-state index contributed by atoms with van der Waals surface area (Å²) in [5.74, 6) is 1.15. The number of aromatic nitrogens is 8. The largest absolute Gasteiger partial charge is 0.487 e. The molecule has 3 atom stereocenters. The molecule has 1 saturated heterocycles. The molecule has 4 aromatic rings. The van der Waals surface area contributed by atoms with Crippen LogP contribution in [0, 0.1) is 0 Å². The third-order valence-electron chi connectivity index (χ3n) is 9.10. The Morgan fingerprint density at radius 1 is 1.06 bits per heavy atom. The Balaban J connectivity index is 1.13. The molecule has 17 heteroatoms. The van der Waals surface area contributed by atoms with Crippen LogP contribution in [0.15, 0.2) is 43.1 Å². The zero-order valence-corrected chi connectivity index (χ0v) is 30.4. The molecule has 2 aliphatic rings. The molecule has 1 aliphatic heterocycles. The van der Waals surface area contributed by atoms with E-state index in [1.165, 1.54) is 6.33 Å². The molecule has 1 saturated carbocycles. The number of tetrazole rings is 1. The molecule has 2 fully saturated rings. The van der Waals surface area contributed by atoms with E-state index in [4.69, 9.17) is 30.9 Å². The second kappa shape index (κ2) is 16.0. The second-order valence-electron chi connectivity index (χ2n) is 13.1. The summed E-state index contributed by atoms with van der Waals surface area (Å²) >= 11 is 6.45. The molecule has 6 rings (SSSR count). The summed E-state index contributed by atoms with van der Waals surface area (Å²) < 4.78 is 45.8. The number of halogens is 1. The van der Waals surface area contributed by atoms with Gasteiger partial charge in [0.05, 0.1) is 41.8 Å². The van der Waals surface area contributed by atoms with E-state index in [1.54, 1.807) is 30.1 Å². The van der Waals surface area contributed by atoms with Gasteiger partial charge in [-0.05, 0) is 74.6 Å². The van der Waals surface area contributed by atoms with Crippen molar-refractivity contribution in [2.75, 3.05) is 36.5 Å². The SMILES string of the molecule is CCS(=O)(=O)CCOc1nn(C2CCC(N3C[C@@H](C)O[C@@H](C)C3)CC2)cc1Nc1ncc(-c2ccc(Cl)c(O[C@@H](C)Cn3cnnn3)c2)cn1. The third kappa shape index (κ3) is 9.27. The first kappa shape index (κ1) is 35.9. The van der Waals surface area contributed by atoms with Crippen LogP contribution < -0.4 is 14.8 Å². The van der Waals surface area contributed by atoms with E-state index in [0.717, 1.165) is 49.9 Å². The molecule has 0 bridgehead atoms. The molecule has 15 nitrogen and oxygen atoms in total. The van der Waals surface area contributed by atoms with Gasteiger partial charge >= 0.3 is 0 Å². The highest BCUT2D eigenvalue weighted by molar-refractivity contribution is 7.91. The van der Waals surface area contributed by atoms with Crippen molar-refractivity contribution >= 4 is 33.1 Å². The number of ether oxygens (including phenoxy) is 3. The van der Waals surface area contributed by atoms with Crippen molar-refractivity contribution in [3.8, 4) is 22.8 Å². The number of hydrogen-bond acceptors (Lipinski definition) is 13. The summed E-state index contributed by atoms with van der Waals surface area (Å²) in [7, 11) is -3.20. The van der Waals surface area contributed by atoms with Crippen molar-refractivity contribution in [3.05, 3.63) is 48.1 Å². The van der Waals surface area contributed by atoms with Gasteiger partial charge in [-0.1, -0.05) is 24.6 Å². The van der Waals surface area contributed by atoms with Crippen LogP contribution in [0.25, 0.3) is 11.1 Å². The van der Waals surface area contributed by atoms with E-state index in [0.29, 0.717) is 40.9 Å². The molecule has 0 unspecified atom stereocenters. The fraction of sp³-hybridized carbons (Fsp3) is 0.576. The van der Waals surface area contributed by atoms with Gasteiger partial charge < -0.3 is 19.5 Å². The van der Waals surface area contributed by atoms with Crippen LogP contribution in [0.3, 0.4) is 0 Å². The van der Waals surface area contributed by atoms with E-state index in [-0.39, 0.29) is 42.5 Å². The number of hydrogen-bond donors (Lipinski definition) is 1. The monoisotopic (exact) mass is 728 g/mol. The van der Waals surface area contributed by atoms with Crippen LogP contribution in [-0.2, 0) is 21.1 Å². The Labute approximate surface area is 297 Å². The lowest BCUT2D eigenvalue weighted by Gasteiger charge is -2.42. The molecule has 1 N–H and O–H groups in total. The van der Waals surface area contributed by atoms with Crippen LogP contribution in [-0.4, -0.2) is 109 Å². The molecule has 0 amide bonds. The van der Waals surface area contributed by atoms with Crippen molar-refractivity contribution in [1.82, 2.24) is 44.9 Å². The number of anilines is 2. The van der Waals surface area contributed by atoms with E-state index in [2.05, 4.69) is 49.6 Å². The molecule has 270 valence electrons. The number of nitrogens with zero attached hydrogens (tertiary/aromatic N) is 9. The lowest BCUT2D eigenvalue weighted by Crippen LogP contribution is -2.51. The molecular formula is C33H45ClN10O5S. The maximum atomic E-state index is 12.1.